The van der Waals surface area contributed by atoms with E-state index in [0.717, 1.165) is 4.48 Å². The van der Waals surface area contributed by atoms with Crippen LogP contribution >= 0.6 is 0 Å². The third-order valence-corrected chi connectivity index (χ3v) is 2.64. The predicted molar refractivity (Wildman–Crippen MR) is 53.1 cm³/mol. The van der Waals surface area contributed by atoms with Crippen molar-refractivity contribution in [2.45, 2.75) is 13.8 Å². The Balaban J connectivity index is 2.69. The average Bonchev–Trinajstić information content (AvgIpc) is 1.86. The highest BCUT2D eigenvalue weighted by Gasteiger charge is 2.32. The van der Waals surface area contributed by atoms with Crippen molar-refractivity contribution in [2.24, 2.45) is 5.41 Å². The lowest BCUT2D eigenvalue weighted by Gasteiger charge is -2.34. The lowest BCUT2D eigenvalue weighted by molar-refractivity contribution is -0.893. The highest BCUT2D eigenvalue weighted by Crippen LogP contribution is 2.23. The van der Waals surface area contributed by atoms with E-state index in [1.165, 1.54) is 26.2 Å². The second-order valence-electron chi connectivity index (χ2n) is 5.72. The minimum atomic E-state index is 0.467. The molecule has 0 N–H and O–H groups in total. The van der Waals surface area contributed by atoms with Crippen molar-refractivity contribution >= 4 is 0 Å². The molecule has 1 heterocycles. The van der Waals surface area contributed by atoms with Gasteiger partial charge in [-0.25, -0.2) is 0 Å². The summed E-state index contributed by atoms with van der Waals surface area (Å²) in [5.74, 6) is 0. The second-order valence-corrected chi connectivity index (χ2v) is 5.72. The van der Waals surface area contributed by atoms with E-state index in [-0.39, 0.29) is 0 Å². The number of nitrogens with zero attached hydrogens (tertiary/aromatic N) is 2. The van der Waals surface area contributed by atoms with E-state index in [2.05, 4.69) is 39.9 Å². The third kappa shape index (κ3) is 2.76. The molecule has 0 aliphatic carbocycles. The molecule has 0 aromatic rings. The molecule has 2 heteroatoms. The molecule has 0 unspecified atom stereocenters. The van der Waals surface area contributed by atoms with Crippen LogP contribution in [0.1, 0.15) is 13.8 Å². The van der Waals surface area contributed by atoms with Crippen molar-refractivity contribution in [3.63, 3.8) is 0 Å². The van der Waals surface area contributed by atoms with Crippen LogP contribution < -0.4 is 0 Å². The lowest BCUT2D eigenvalue weighted by Crippen LogP contribution is -2.46. The Hall–Kier alpha value is -0.0800. The quantitative estimate of drug-likeness (QED) is 0.492. The van der Waals surface area contributed by atoms with Crippen molar-refractivity contribution in [2.75, 3.05) is 47.3 Å². The van der Waals surface area contributed by atoms with Crippen molar-refractivity contribution in [1.29, 1.82) is 0 Å². The highest BCUT2D eigenvalue weighted by molar-refractivity contribution is 4.74. The molecular formula is C10H23N2+. The van der Waals surface area contributed by atoms with Gasteiger partial charge >= 0.3 is 0 Å². The Kier molecular flexibility index (Phi) is 2.50. The molecule has 0 saturated carbocycles. The summed E-state index contributed by atoms with van der Waals surface area (Å²) in [6.45, 7) is 9.77. The molecular weight excluding hydrogens is 148 g/mol. The Morgan fingerprint density at radius 2 is 1.83 bits per heavy atom. The van der Waals surface area contributed by atoms with Gasteiger partial charge < -0.3 is 9.38 Å². The molecule has 1 aliphatic rings. The molecule has 0 aromatic carbocycles. The summed E-state index contributed by atoms with van der Waals surface area (Å²) in [6.07, 6.45) is 0. The van der Waals surface area contributed by atoms with Gasteiger partial charge in [-0.15, -0.1) is 0 Å². The fourth-order valence-electron chi connectivity index (χ4n) is 2.54. The summed E-state index contributed by atoms with van der Waals surface area (Å²) in [7, 11) is 6.90. The molecule has 1 saturated heterocycles. The summed E-state index contributed by atoms with van der Waals surface area (Å²) in [5.41, 5.74) is 0.467. The second kappa shape index (κ2) is 3.00. The van der Waals surface area contributed by atoms with Gasteiger partial charge in [-0.05, 0) is 7.05 Å². The number of rotatable bonds is 0. The monoisotopic (exact) mass is 171 g/mol. The largest absolute Gasteiger partial charge is 0.327 e. The number of quaternary nitrogens is 1. The molecule has 0 radical (unpaired) electrons. The number of likely N-dealkylation sites (N-methyl/N-ethyl adjacent to an activating group) is 2. The zero-order valence-corrected chi connectivity index (χ0v) is 9.22. The van der Waals surface area contributed by atoms with E-state index < -0.39 is 0 Å². The first-order valence-electron chi connectivity index (χ1n) is 4.81. The first-order valence-corrected chi connectivity index (χ1v) is 4.81. The Bertz CT molecular complexity index is 161. The van der Waals surface area contributed by atoms with E-state index in [4.69, 9.17) is 0 Å². The van der Waals surface area contributed by atoms with Crippen molar-refractivity contribution in [1.82, 2.24) is 4.90 Å². The molecule has 0 amide bonds. The maximum absolute atomic E-state index is 2.45. The molecule has 0 atom stereocenters. The van der Waals surface area contributed by atoms with Crippen molar-refractivity contribution < 1.29 is 4.48 Å². The molecule has 1 rings (SSSR count). The van der Waals surface area contributed by atoms with Gasteiger partial charge in [0.15, 0.2) is 0 Å². The van der Waals surface area contributed by atoms with Gasteiger partial charge in [-0.3, -0.25) is 0 Å². The SMILES string of the molecule is CN1CC[N+](C)(C)CC(C)(C)C1. The lowest BCUT2D eigenvalue weighted by atomic mass is 9.92. The topological polar surface area (TPSA) is 3.24 Å². The third-order valence-electron chi connectivity index (χ3n) is 2.64. The van der Waals surface area contributed by atoms with Crippen LogP contribution in [0.25, 0.3) is 0 Å². The van der Waals surface area contributed by atoms with E-state index in [9.17, 15) is 0 Å². The summed E-state index contributed by atoms with van der Waals surface area (Å²) >= 11 is 0. The fraction of sp³-hybridized carbons (Fsp3) is 1.00. The summed E-state index contributed by atoms with van der Waals surface area (Å²) < 4.78 is 1.16. The summed E-state index contributed by atoms with van der Waals surface area (Å²) in [6, 6.07) is 0. The van der Waals surface area contributed by atoms with Crippen LogP contribution in [0.3, 0.4) is 0 Å². The summed E-state index contributed by atoms with van der Waals surface area (Å²) in [4.78, 5) is 2.45. The van der Waals surface area contributed by atoms with E-state index in [1.54, 1.807) is 0 Å². The van der Waals surface area contributed by atoms with Crippen LogP contribution in [-0.4, -0.2) is 56.7 Å². The summed E-state index contributed by atoms with van der Waals surface area (Å²) in [5, 5.41) is 0. The fourth-order valence-corrected chi connectivity index (χ4v) is 2.54. The number of hydrogen-bond donors (Lipinski definition) is 0. The van der Waals surface area contributed by atoms with Gasteiger partial charge in [-0.2, -0.15) is 0 Å². The molecule has 0 bridgehead atoms. The Morgan fingerprint density at radius 1 is 1.25 bits per heavy atom. The molecule has 1 aliphatic heterocycles. The van der Waals surface area contributed by atoms with Crippen LogP contribution in [0.2, 0.25) is 0 Å². The molecule has 2 nitrogen and oxygen atoms in total. The van der Waals surface area contributed by atoms with Crippen LogP contribution in [0, 0.1) is 5.41 Å². The molecule has 0 aromatic heterocycles. The minimum absolute atomic E-state index is 0.467. The maximum atomic E-state index is 2.45. The zero-order chi connectivity index (χ0) is 9.41. The maximum Gasteiger partial charge on any atom is 0.0911 e. The van der Waals surface area contributed by atoms with Gasteiger partial charge in [0.1, 0.15) is 0 Å². The zero-order valence-electron chi connectivity index (χ0n) is 9.22. The molecule has 0 spiro atoms. The standard InChI is InChI=1S/C10H23N2/c1-10(2)8-11(3)6-7-12(4,5)9-10/h6-9H2,1-5H3/q+1. The van der Waals surface area contributed by atoms with Gasteiger partial charge in [0.2, 0.25) is 0 Å². The van der Waals surface area contributed by atoms with Gasteiger partial charge in [0.05, 0.1) is 27.2 Å². The van der Waals surface area contributed by atoms with Crippen molar-refractivity contribution in [3.8, 4) is 0 Å². The van der Waals surface area contributed by atoms with Crippen LogP contribution in [0.4, 0.5) is 0 Å². The smallest absolute Gasteiger partial charge is 0.0911 e. The Labute approximate surface area is 76.7 Å². The molecule has 12 heavy (non-hydrogen) atoms. The molecule has 1 fully saturated rings. The predicted octanol–water partition coefficient (Wildman–Crippen LogP) is 1.03. The van der Waals surface area contributed by atoms with Crippen LogP contribution in [-0.2, 0) is 0 Å². The van der Waals surface area contributed by atoms with E-state index in [0.29, 0.717) is 5.41 Å². The van der Waals surface area contributed by atoms with Gasteiger partial charge in [0, 0.05) is 18.5 Å². The van der Waals surface area contributed by atoms with Gasteiger partial charge in [0.25, 0.3) is 0 Å². The minimum Gasteiger partial charge on any atom is -0.327 e. The van der Waals surface area contributed by atoms with E-state index in [1.807, 2.05) is 0 Å². The normalized spacial score (nSPS) is 29.8. The molecule has 72 valence electrons. The van der Waals surface area contributed by atoms with Crippen LogP contribution in [0.5, 0.6) is 0 Å². The van der Waals surface area contributed by atoms with Crippen molar-refractivity contribution in [3.05, 3.63) is 0 Å². The Morgan fingerprint density at radius 3 is 2.42 bits per heavy atom. The first-order chi connectivity index (χ1) is 5.31. The number of hydrogen-bond acceptors (Lipinski definition) is 1. The van der Waals surface area contributed by atoms with Crippen LogP contribution in [0.15, 0.2) is 0 Å². The van der Waals surface area contributed by atoms with E-state index >= 15 is 0 Å². The average molecular weight is 171 g/mol. The first kappa shape index (κ1) is 10.0. The van der Waals surface area contributed by atoms with Gasteiger partial charge in [-0.1, -0.05) is 13.8 Å². The highest BCUT2D eigenvalue weighted by atomic mass is 15.3.